The molecule has 5 N–H and O–H groups in total. The number of hydrogen-bond donors (Lipinski definition) is 5. The van der Waals surface area contributed by atoms with E-state index in [2.05, 4.69) is 22.5 Å². The maximum atomic E-state index is 14.1. The van der Waals surface area contributed by atoms with Crippen LogP contribution in [0.4, 0.5) is 22.7 Å². The Morgan fingerprint density at radius 1 is 0.507 bits per heavy atom. The van der Waals surface area contributed by atoms with Gasteiger partial charge < -0.3 is 26.0 Å². The normalized spacial score (nSPS) is 14.2. The highest BCUT2D eigenvalue weighted by atomic mass is 16.3. The van der Waals surface area contributed by atoms with E-state index in [1.165, 1.54) is 48.5 Å². The molecule has 2 heterocycles. The van der Waals surface area contributed by atoms with Gasteiger partial charge in [0.25, 0.3) is 29.5 Å². The number of aromatic hydroxyl groups is 2. The lowest BCUT2D eigenvalue weighted by Gasteiger charge is -2.34. The lowest BCUT2D eigenvalue weighted by atomic mass is 9.67. The summed E-state index contributed by atoms with van der Waals surface area (Å²) in [5.41, 5.74) is 6.05. The molecule has 2 aliphatic heterocycles. The van der Waals surface area contributed by atoms with Crippen molar-refractivity contribution in [2.75, 3.05) is 20.4 Å². The average Bonchev–Trinajstić information content (AvgIpc) is 3.94. The number of rotatable bonds is 9. The first kappa shape index (κ1) is 43.6. The molecule has 0 aromatic heterocycles. The number of aliphatic hydroxyl groups excluding tert-OH is 1. The SMILES string of the molecule is C#Cc1cccc(N2C(=O)c3ccc(C(=O)Nc4cc(C5(c6ccc(O)c(NC(O)c7ccc8c(c7)C(=O)N(c7cccc(C#C)c7)C8=O)c6)c6ccccc6-c6ccccc65)ccc4O)cc3C2=O)c1. The summed E-state index contributed by atoms with van der Waals surface area (Å²) in [6, 6.07) is 47.1. The summed E-state index contributed by atoms with van der Waals surface area (Å²) in [6.07, 6.45) is 9.66. The predicted octanol–water partition coefficient (Wildman–Crippen LogP) is 9.38. The van der Waals surface area contributed by atoms with E-state index in [0.717, 1.165) is 32.1 Å². The zero-order valence-corrected chi connectivity index (χ0v) is 37.2. The van der Waals surface area contributed by atoms with Crippen LogP contribution in [0.1, 0.15) is 97.0 Å². The average molecular weight is 929 g/mol. The number of anilines is 4. The van der Waals surface area contributed by atoms with Crippen LogP contribution in [0.15, 0.2) is 170 Å². The molecule has 0 fully saturated rings. The molecule has 71 heavy (non-hydrogen) atoms. The Kier molecular flexibility index (Phi) is 10.2. The van der Waals surface area contributed by atoms with Crippen LogP contribution in [0.5, 0.6) is 11.5 Å². The quantitative estimate of drug-likeness (QED) is 0.0409. The molecule has 0 saturated heterocycles. The molecule has 340 valence electrons. The van der Waals surface area contributed by atoms with Crippen LogP contribution in [-0.2, 0) is 5.41 Å². The van der Waals surface area contributed by atoms with Crippen LogP contribution in [0.3, 0.4) is 0 Å². The van der Waals surface area contributed by atoms with Crippen LogP contribution in [0, 0.1) is 24.7 Å². The Balaban J connectivity index is 0.944. The van der Waals surface area contributed by atoms with Gasteiger partial charge in [-0.1, -0.05) is 90.7 Å². The van der Waals surface area contributed by atoms with Crippen LogP contribution in [0.25, 0.3) is 11.1 Å². The maximum absolute atomic E-state index is 14.1. The van der Waals surface area contributed by atoms with Crippen LogP contribution in [-0.4, -0.2) is 44.9 Å². The fourth-order valence-electron chi connectivity index (χ4n) is 9.95. The monoisotopic (exact) mass is 928 g/mol. The van der Waals surface area contributed by atoms with E-state index in [0.29, 0.717) is 33.6 Å². The molecule has 3 aliphatic rings. The number of benzene rings is 8. The Hall–Kier alpha value is -10.0. The third-order valence-electron chi connectivity index (χ3n) is 13.3. The molecule has 0 radical (unpaired) electrons. The molecule has 8 aromatic rings. The molecule has 0 spiro atoms. The summed E-state index contributed by atoms with van der Waals surface area (Å²) in [7, 11) is 0. The van der Waals surface area contributed by atoms with E-state index in [1.807, 2.05) is 48.5 Å². The van der Waals surface area contributed by atoms with Gasteiger partial charge in [0, 0.05) is 22.3 Å². The van der Waals surface area contributed by atoms with Crippen LogP contribution >= 0.6 is 0 Å². The van der Waals surface area contributed by atoms with Crippen molar-refractivity contribution in [1.82, 2.24) is 0 Å². The highest BCUT2D eigenvalue weighted by Crippen LogP contribution is 2.57. The molecule has 1 unspecified atom stereocenters. The molecule has 11 rings (SSSR count). The number of imide groups is 2. The smallest absolute Gasteiger partial charge is 0.266 e. The van der Waals surface area contributed by atoms with E-state index >= 15 is 0 Å². The molecule has 0 bridgehead atoms. The third-order valence-corrected chi connectivity index (χ3v) is 13.3. The van der Waals surface area contributed by atoms with Crippen molar-refractivity contribution in [3.63, 3.8) is 0 Å². The van der Waals surface area contributed by atoms with Gasteiger partial charge in [0.05, 0.1) is 50.4 Å². The zero-order valence-electron chi connectivity index (χ0n) is 37.2. The molecule has 1 atom stereocenters. The fraction of sp³-hybridized carbons (Fsp3) is 0.0339. The fourth-order valence-corrected chi connectivity index (χ4v) is 9.95. The number of phenols is 2. The first-order valence-corrected chi connectivity index (χ1v) is 22.2. The van der Waals surface area contributed by atoms with Gasteiger partial charge in [-0.25, -0.2) is 9.80 Å². The summed E-state index contributed by atoms with van der Waals surface area (Å²) in [6.45, 7) is 0. The van der Waals surface area contributed by atoms with Crippen molar-refractivity contribution in [2.24, 2.45) is 0 Å². The Morgan fingerprint density at radius 2 is 1.00 bits per heavy atom. The number of carbonyl (C=O) groups excluding carboxylic acids is 5. The van der Waals surface area contributed by atoms with Gasteiger partial charge in [0.1, 0.15) is 11.5 Å². The highest BCUT2D eigenvalue weighted by molar-refractivity contribution is 6.35. The van der Waals surface area contributed by atoms with Gasteiger partial charge in [-0.3, -0.25) is 24.0 Å². The second-order valence-corrected chi connectivity index (χ2v) is 17.2. The number of phenolic OH excluding ortho intramolecular Hbond substituents is 2. The minimum absolute atomic E-state index is 0.0286. The van der Waals surface area contributed by atoms with E-state index in [9.17, 15) is 39.3 Å². The lowest BCUT2D eigenvalue weighted by molar-refractivity contribution is 0.0910. The van der Waals surface area contributed by atoms with Gasteiger partial charge in [0.15, 0.2) is 6.23 Å². The second kappa shape index (κ2) is 16.6. The Labute approximate surface area is 406 Å². The molecule has 5 amide bonds. The number of terminal acetylenes is 2. The number of hydrogen-bond acceptors (Lipinski definition) is 9. The van der Waals surface area contributed by atoms with Gasteiger partial charge in [-0.05, 0) is 124 Å². The van der Waals surface area contributed by atoms with Crippen LogP contribution in [0.2, 0.25) is 0 Å². The summed E-state index contributed by atoms with van der Waals surface area (Å²) in [4.78, 5) is 70.5. The van der Waals surface area contributed by atoms with Crippen molar-refractivity contribution in [3.8, 4) is 47.3 Å². The van der Waals surface area contributed by atoms with Crippen molar-refractivity contribution < 1.29 is 39.3 Å². The number of nitrogens with zero attached hydrogens (tertiary/aromatic N) is 2. The number of aliphatic hydroxyl groups is 1. The van der Waals surface area contributed by atoms with E-state index in [1.54, 1.807) is 72.8 Å². The van der Waals surface area contributed by atoms with Crippen molar-refractivity contribution in [2.45, 2.75) is 11.6 Å². The summed E-state index contributed by atoms with van der Waals surface area (Å²) >= 11 is 0. The topological polar surface area (TPSA) is 177 Å². The first-order chi connectivity index (χ1) is 34.4. The minimum atomic E-state index is -1.48. The summed E-state index contributed by atoms with van der Waals surface area (Å²) < 4.78 is 0. The first-order valence-electron chi connectivity index (χ1n) is 22.2. The number of amides is 5. The van der Waals surface area contributed by atoms with Gasteiger partial charge in [-0.2, -0.15) is 0 Å². The number of fused-ring (bicyclic) bond motifs is 5. The minimum Gasteiger partial charge on any atom is -0.506 e. The van der Waals surface area contributed by atoms with Gasteiger partial charge in [-0.15, -0.1) is 12.8 Å². The Morgan fingerprint density at radius 3 is 1.56 bits per heavy atom. The zero-order chi connectivity index (χ0) is 49.3. The highest BCUT2D eigenvalue weighted by Gasteiger charge is 2.47. The molecule has 0 saturated carbocycles. The molecule has 12 heteroatoms. The molecule has 12 nitrogen and oxygen atoms in total. The van der Waals surface area contributed by atoms with E-state index in [-0.39, 0.29) is 56.3 Å². The van der Waals surface area contributed by atoms with Gasteiger partial charge >= 0.3 is 0 Å². The molecule has 8 aromatic carbocycles. The van der Waals surface area contributed by atoms with Gasteiger partial charge in [0.2, 0.25) is 0 Å². The summed E-state index contributed by atoms with van der Waals surface area (Å²) in [5.74, 6) is 1.59. The lowest BCUT2D eigenvalue weighted by Crippen LogP contribution is -2.29. The standard InChI is InChI=1S/C59H36N4O8/c1-3-33-11-9-13-39(27-33)62-55(68)43-23-19-35(29-45(43)57(62)70)53(66)60-49-31-37(21-25-51(49)64)59(47-17-7-5-15-41(47)42-16-6-8-18-48(42)59)38-22-26-52(65)50(32-38)61-54(67)36-20-24-44-46(30-36)58(71)63(56(44)69)40-14-10-12-34(4-2)28-40/h1-2,5-32,53,60,64-66H,(H,61,67). The van der Waals surface area contributed by atoms with E-state index in [4.69, 9.17) is 12.8 Å². The summed E-state index contributed by atoms with van der Waals surface area (Å²) in [5, 5.41) is 40.3. The Bertz CT molecular complexity index is 3720. The molecular weight excluding hydrogens is 893 g/mol. The molecular formula is C59H36N4O8. The predicted molar refractivity (Wildman–Crippen MR) is 268 cm³/mol. The third kappa shape index (κ3) is 6.82. The van der Waals surface area contributed by atoms with E-state index < -0.39 is 41.2 Å². The molecule has 1 aliphatic carbocycles. The maximum Gasteiger partial charge on any atom is 0.266 e. The second-order valence-electron chi connectivity index (χ2n) is 17.2. The van der Waals surface area contributed by atoms with Crippen molar-refractivity contribution in [1.29, 1.82) is 0 Å². The van der Waals surface area contributed by atoms with Crippen molar-refractivity contribution >= 4 is 52.3 Å². The number of nitrogens with one attached hydrogen (secondary N) is 2. The van der Waals surface area contributed by atoms with Crippen LogP contribution < -0.4 is 20.4 Å². The number of carbonyl (C=O) groups is 5. The van der Waals surface area contributed by atoms with Crippen molar-refractivity contribution in [3.05, 3.63) is 237 Å². The largest absolute Gasteiger partial charge is 0.506 e.